The van der Waals surface area contributed by atoms with E-state index < -0.39 is 0 Å². The number of benzene rings is 1. The van der Waals surface area contributed by atoms with Gasteiger partial charge in [0.2, 0.25) is 0 Å². The molecule has 0 saturated carbocycles. The molecule has 1 heterocycles. The summed E-state index contributed by atoms with van der Waals surface area (Å²) >= 11 is 0. The van der Waals surface area contributed by atoms with Crippen molar-refractivity contribution in [2.45, 2.75) is 26.8 Å². The molecule has 0 aliphatic heterocycles. The minimum absolute atomic E-state index is 0.259. The molecule has 0 saturated heterocycles. The Balaban J connectivity index is 2.25. The second-order valence-electron chi connectivity index (χ2n) is 4.49. The number of anilines is 1. The van der Waals surface area contributed by atoms with Gasteiger partial charge in [-0.15, -0.1) is 0 Å². The Morgan fingerprint density at radius 1 is 1.39 bits per heavy atom. The third-order valence-electron chi connectivity index (χ3n) is 2.63. The molecule has 96 valence electrons. The molecule has 0 amide bonds. The number of aryl methyl sites for hydroxylation is 1. The van der Waals surface area contributed by atoms with Gasteiger partial charge in [-0.3, -0.25) is 4.68 Å². The van der Waals surface area contributed by atoms with Gasteiger partial charge in [-0.25, -0.2) is 4.39 Å². The molecule has 1 aromatic carbocycles. The van der Waals surface area contributed by atoms with Crippen molar-refractivity contribution in [1.82, 2.24) is 9.78 Å². The van der Waals surface area contributed by atoms with Gasteiger partial charge in [-0.05, 0) is 32.4 Å². The molecular formula is C13H16FN3O. The van der Waals surface area contributed by atoms with E-state index in [9.17, 15) is 4.39 Å². The van der Waals surface area contributed by atoms with Crippen LogP contribution in [0.4, 0.5) is 10.1 Å². The molecule has 2 rings (SSSR count). The lowest BCUT2D eigenvalue weighted by molar-refractivity contribution is 0.477. The van der Waals surface area contributed by atoms with E-state index in [-0.39, 0.29) is 17.5 Å². The van der Waals surface area contributed by atoms with Crippen LogP contribution in [0.15, 0.2) is 24.5 Å². The molecule has 0 radical (unpaired) electrons. The summed E-state index contributed by atoms with van der Waals surface area (Å²) < 4.78 is 20.6. The number of nitrogens with two attached hydrogens (primary N) is 1. The van der Waals surface area contributed by atoms with Crippen LogP contribution in [0.5, 0.6) is 11.5 Å². The van der Waals surface area contributed by atoms with Crippen molar-refractivity contribution in [1.29, 1.82) is 0 Å². The molecule has 0 bridgehead atoms. The highest BCUT2D eigenvalue weighted by Gasteiger charge is 2.09. The molecule has 0 aliphatic carbocycles. The van der Waals surface area contributed by atoms with Gasteiger partial charge in [-0.2, -0.15) is 5.10 Å². The quantitative estimate of drug-likeness (QED) is 0.849. The van der Waals surface area contributed by atoms with Crippen LogP contribution in [0.2, 0.25) is 0 Å². The lowest BCUT2D eigenvalue weighted by atomic mass is 10.2. The predicted octanol–water partition coefficient (Wildman–Crippen LogP) is 3.29. The largest absolute Gasteiger partial charge is 0.452 e. The zero-order valence-corrected chi connectivity index (χ0v) is 10.6. The van der Waals surface area contributed by atoms with E-state index in [1.165, 1.54) is 6.07 Å². The minimum atomic E-state index is -0.335. The van der Waals surface area contributed by atoms with Gasteiger partial charge in [0, 0.05) is 12.1 Å². The normalized spacial score (nSPS) is 10.9. The molecule has 1 aromatic heterocycles. The fourth-order valence-electron chi connectivity index (χ4n) is 1.54. The summed E-state index contributed by atoms with van der Waals surface area (Å²) in [6.45, 7) is 5.71. The number of rotatable bonds is 3. The molecule has 18 heavy (non-hydrogen) atoms. The first kappa shape index (κ1) is 12.4. The Morgan fingerprint density at radius 3 is 2.72 bits per heavy atom. The maximum atomic E-state index is 13.3. The summed E-state index contributed by atoms with van der Waals surface area (Å²) in [5.74, 6) is 0.691. The van der Waals surface area contributed by atoms with Gasteiger partial charge < -0.3 is 10.5 Å². The number of nitrogens with zero attached hydrogens (tertiary/aromatic N) is 2. The Labute approximate surface area is 105 Å². The second-order valence-corrected chi connectivity index (χ2v) is 4.49. The van der Waals surface area contributed by atoms with Crippen LogP contribution in [-0.4, -0.2) is 9.78 Å². The molecule has 2 N–H and O–H groups in total. The molecule has 4 nitrogen and oxygen atoms in total. The zero-order chi connectivity index (χ0) is 13.3. The summed E-state index contributed by atoms with van der Waals surface area (Å²) in [5.41, 5.74) is 6.48. The van der Waals surface area contributed by atoms with Gasteiger partial charge in [0.15, 0.2) is 11.5 Å². The van der Waals surface area contributed by atoms with Crippen molar-refractivity contribution in [3.8, 4) is 11.5 Å². The van der Waals surface area contributed by atoms with E-state index in [1.807, 2.05) is 13.8 Å². The first-order valence-corrected chi connectivity index (χ1v) is 5.75. The summed E-state index contributed by atoms with van der Waals surface area (Å²) in [7, 11) is 0. The average Bonchev–Trinajstić information content (AvgIpc) is 2.74. The first-order valence-electron chi connectivity index (χ1n) is 5.75. The van der Waals surface area contributed by atoms with Crippen molar-refractivity contribution >= 4 is 5.69 Å². The lowest BCUT2D eigenvalue weighted by Gasteiger charge is -2.08. The monoisotopic (exact) mass is 249 g/mol. The maximum Gasteiger partial charge on any atom is 0.165 e. The highest BCUT2D eigenvalue weighted by atomic mass is 19.1. The van der Waals surface area contributed by atoms with Crippen molar-refractivity contribution in [3.63, 3.8) is 0 Å². The van der Waals surface area contributed by atoms with Crippen LogP contribution in [-0.2, 0) is 0 Å². The third-order valence-corrected chi connectivity index (χ3v) is 2.63. The molecule has 0 spiro atoms. The van der Waals surface area contributed by atoms with Crippen LogP contribution in [0.3, 0.4) is 0 Å². The van der Waals surface area contributed by atoms with Crippen LogP contribution in [0.25, 0.3) is 0 Å². The van der Waals surface area contributed by atoms with Crippen molar-refractivity contribution < 1.29 is 9.13 Å². The number of hydrogen-bond donors (Lipinski definition) is 1. The van der Waals surface area contributed by atoms with Crippen LogP contribution in [0, 0.1) is 12.7 Å². The van der Waals surface area contributed by atoms with E-state index in [4.69, 9.17) is 10.5 Å². The topological polar surface area (TPSA) is 53.1 Å². The van der Waals surface area contributed by atoms with Crippen LogP contribution in [0.1, 0.15) is 25.5 Å². The Bertz CT molecular complexity index is 563. The van der Waals surface area contributed by atoms with E-state index in [2.05, 4.69) is 5.10 Å². The standard InChI is InChI=1S/C13H16FN3O/c1-8(2)17-7-10(6-16-17)18-13-4-9(3)11(14)5-12(13)15/h4-8H,15H2,1-3H3. The maximum absolute atomic E-state index is 13.3. The van der Waals surface area contributed by atoms with Gasteiger partial charge in [0.1, 0.15) is 5.82 Å². The molecule has 0 unspecified atom stereocenters. The second kappa shape index (κ2) is 4.68. The van der Waals surface area contributed by atoms with E-state index in [1.54, 1.807) is 30.1 Å². The molecule has 5 heteroatoms. The Kier molecular flexibility index (Phi) is 3.23. The fourth-order valence-corrected chi connectivity index (χ4v) is 1.54. The number of aromatic nitrogens is 2. The van der Waals surface area contributed by atoms with Gasteiger partial charge in [0.25, 0.3) is 0 Å². The summed E-state index contributed by atoms with van der Waals surface area (Å²) in [4.78, 5) is 0. The molecule has 0 atom stereocenters. The average molecular weight is 249 g/mol. The first-order chi connectivity index (χ1) is 8.47. The molecule has 0 aliphatic rings. The van der Waals surface area contributed by atoms with Crippen LogP contribution >= 0.6 is 0 Å². The highest BCUT2D eigenvalue weighted by Crippen LogP contribution is 2.29. The molecule has 0 fully saturated rings. The molecular weight excluding hydrogens is 233 g/mol. The van der Waals surface area contributed by atoms with Gasteiger partial charge >= 0.3 is 0 Å². The summed E-state index contributed by atoms with van der Waals surface area (Å²) in [6.07, 6.45) is 3.39. The van der Waals surface area contributed by atoms with Gasteiger partial charge in [-0.1, -0.05) is 0 Å². The Morgan fingerprint density at radius 2 is 2.11 bits per heavy atom. The number of halogens is 1. The molecule has 2 aromatic rings. The Hall–Kier alpha value is -2.04. The number of nitrogen functional groups attached to an aromatic ring is 1. The number of ether oxygens (including phenoxy) is 1. The van der Waals surface area contributed by atoms with E-state index >= 15 is 0 Å². The predicted molar refractivity (Wildman–Crippen MR) is 68.2 cm³/mol. The SMILES string of the molecule is Cc1cc(Oc2cnn(C(C)C)c2)c(N)cc1F. The fraction of sp³-hybridized carbons (Fsp3) is 0.308. The highest BCUT2D eigenvalue weighted by molar-refractivity contribution is 5.55. The van der Waals surface area contributed by atoms with Crippen molar-refractivity contribution in [3.05, 3.63) is 35.9 Å². The van der Waals surface area contributed by atoms with Crippen molar-refractivity contribution in [2.24, 2.45) is 0 Å². The zero-order valence-electron chi connectivity index (χ0n) is 10.6. The smallest absolute Gasteiger partial charge is 0.165 e. The summed E-state index contributed by atoms with van der Waals surface area (Å²) in [6, 6.07) is 3.10. The minimum Gasteiger partial charge on any atom is -0.452 e. The van der Waals surface area contributed by atoms with E-state index in [0.29, 0.717) is 17.1 Å². The third kappa shape index (κ3) is 2.45. The van der Waals surface area contributed by atoms with Gasteiger partial charge in [0.05, 0.1) is 18.1 Å². The van der Waals surface area contributed by atoms with Crippen molar-refractivity contribution in [2.75, 3.05) is 5.73 Å². The lowest BCUT2D eigenvalue weighted by Crippen LogP contribution is -1.99. The van der Waals surface area contributed by atoms with Crippen LogP contribution < -0.4 is 10.5 Å². The number of hydrogen-bond acceptors (Lipinski definition) is 3. The van der Waals surface area contributed by atoms with E-state index in [0.717, 1.165) is 0 Å². The summed E-state index contributed by atoms with van der Waals surface area (Å²) in [5, 5.41) is 4.16.